The second-order valence-corrected chi connectivity index (χ2v) is 7.72. The van der Waals surface area contributed by atoms with Gasteiger partial charge in [0.15, 0.2) is 4.34 Å². The van der Waals surface area contributed by atoms with Crippen molar-refractivity contribution in [3.8, 4) is 0 Å². The van der Waals surface area contributed by atoms with Crippen molar-refractivity contribution in [1.29, 1.82) is 0 Å². The fourth-order valence-electron chi connectivity index (χ4n) is 2.43. The van der Waals surface area contributed by atoms with E-state index in [0.29, 0.717) is 17.9 Å². The summed E-state index contributed by atoms with van der Waals surface area (Å²) in [4.78, 5) is 16.6. The first-order chi connectivity index (χ1) is 12.8. The average molecular weight is 381 g/mol. The summed E-state index contributed by atoms with van der Waals surface area (Å²) in [6, 6.07) is 17.2. The molecule has 0 aliphatic carbocycles. The third-order valence-corrected chi connectivity index (χ3v) is 5.71. The first-order valence-electron chi connectivity index (χ1n) is 7.99. The van der Waals surface area contributed by atoms with Gasteiger partial charge in [-0.1, -0.05) is 59.5 Å². The highest BCUT2D eigenvalue weighted by Crippen LogP contribution is 2.28. The molecule has 6 nitrogen and oxygen atoms in total. The predicted molar refractivity (Wildman–Crippen MR) is 105 cm³/mol. The molecule has 0 atom stereocenters. The molecule has 130 valence electrons. The van der Waals surface area contributed by atoms with Gasteiger partial charge in [0.1, 0.15) is 5.65 Å². The number of nitrogens with one attached hydrogen (secondary N) is 1. The van der Waals surface area contributed by atoms with Gasteiger partial charge in [0, 0.05) is 24.6 Å². The molecule has 0 aliphatic rings. The largest absolute Gasteiger partial charge is 0.356 e. The minimum Gasteiger partial charge on any atom is -0.356 e. The van der Waals surface area contributed by atoms with Gasteiger partial charge in [-0.25, -0.2) is 4.98 Å². The Bertz CT molecular complexity index is 1080. The fourth-order valence-corrected chi connectivity index (χ4v) is 4.07. The quantitative estimate of drug-likeness (QED) is 0.516. The van der Waals surface area contributed by atoms with Gasteiger partial charge in [0.2, 0.25) is 5.13 Å². The Morgan fingerprint density at radius 2 is 1.92 bits per heavy atom. The maximum Gasteiger partial charge on any atom is 0.258 e. The third kappa shape index (κ3) is 3.92. The van der Waals surface area contributed by atoms with Crippen molar-refractivity contribution in [3.05, 3.63) is 82.4 Å². The molecule has 4 rings (SSSR count). The van der Waals surface area contributed by atoms with Gasteiger partial charge in [-0.15, -0.1) is 10.2 Å². The maximum atomic E-state index is 12.1. The zero-order valence-electron chi connectivity index (χ0n) is 13.7. The van der Waals surface area contributed by atoms with Crippen LogP contribution < -0.4 is 10.9 Å². The van der Waals surface area contributed by atoms with Crippen molar-refractivity contribution in [3.63, 3.8) is 0 Å². The second-order valence-electron chi connectivity index (χ2n) is 5.52. The van der Waals surface area contributed by atoms with Crippen LogP contribution in [0.1, 0.15) is 11.3 Å². The molecule has 0 aliphatic heterocycles. The molecule has 8 heteroatoms. The highest BCUT2D eigenvalue weighted by molar-refractivity contribution is 8.00. The molecular formula is C18H15N5OS2. The molecule has 0 amide bonds. The van der Waals surface area contributed by atoms with Crippen molar-refractivity contribution in [2.45, 2.75) is 16.6 Å². The Hall–Kier alpha value is -2.71. The van der Waals surface area contributed by atoms with Gasteiger partial charge in [-0.3, -0.25) is 9.20 Å². The summed E-state index contributed by atoms with van der Waals surface area (Å²) in [7, 11) is 0. The molecule has 0 saturated carbocycles. The number of benzene rings is 1. The molecule has 4 aromatic rings. The third-order valence-electron chi connectivity index (χ3n) is 3.66. The molecule has 0 radical (unpaired) electrons. The summed E-state index contributed by atoms with van der Waals surface area (Å²) in [5.41, 5.74) is 2.50. The van der Waals surface area contributed by atoms with E-state index in [1.807, 2.05) is 36.4 Å². The summed E-state index contributed by atoms with van der Waals surface area (Å²) < 4.78 is 2.38. The van der Waals surface area contributed by atoms with Crippen LogP contribution in [-0.4, -0.2) is 19.6 Å². The topological polar surface area (TPSA) is 72.2 Å². The lowest BCUT2D eigenvalue weighted by atomic mass is 10.2. The summed E-state index contributed by atoms with van der Waals surface area (Å²) in [5, 5.41) is 12.4. The van der Waals surface area contributed by atoms with Crippen LogP contribution in [0.2, 0.25) is 0 Å². The van der Waals surface area contributed by atoms with Gasteiger partial charge in [-0.2, -0.15) is 0 Å². The van der Waals surface area contributed by atoms with Crippen molar-refractivity contribution < 1.29 is 0 Å². The number of thioether (sulfide) groups is 1. The molecule has 0 unspecified atom stereocenters. The van der Waals surface area contributed by atoms with Gasteiger partial charge in [0.25, 0.3) is 5.56 Å². The van der Waals surface area contributed by atoms with Crippen molar-refractivity contribution in [1.82, 2.24) is 19.6 Å². The molecule has 3 aromatic heterocycles. The molecule has 0 saturated heterocycles. The Labute approximate surface area is 158 Å². The zero-order chi connectivity index (χ0) is 17.8. The summed E-state index contributed by atoms with van der Waals surface area (Å²) >= 11 is 3.03. The Morgan fingerprint density at radius 1 is 1.08 bits per heavy atom. The lowest BCUT2D eigenvalue weighted by molar-refractivity contribution is 0.990. The van der Waals surface area contributed by atoms with E-state index >= 15 is 0 Å². The minimum absolute atomic E-state index is 0.0753. The average Bonchev–Trinajstić information content (AvgIpc) is 3.14. The van der Waals surface area contributed by atoms with Gasteiger partial charge in [0.05, 0.1) is 5.69 Å². The monoisotopic (exact) mass is 381 g/mol. The van der Waals surface area contributed by atoms with Crippen LogP contribution in [0.25, 0.3) is 5.65 Å². The summed E-state index contributed by atoms with van der Waals surface area (Å²) in [5.74, 6) is 0.577. The number of hydrogen-bond donors (Lipinski definition) is 1. The molecule has 1 N–H and O–H groups in total. The van der Waals surface area contributed by atoms with Crippen molar-refractivity contribution >= 4 is 33.9 Å². The fraction of sp³-hybridized carbons (Fsp3) is 0.111. The van der Waals surface area contributed by atoms with E-state index in [0.717, 1.165) is 15.2 Å². The van der Waals surface area contributed by atoms with Crippen LogP contribution in [-0.2, 0) is 12.3 Å². The second kappa shape index (κ2) is 7.67. The SMILES string of the molecule is O=c1cc(CSc2nnc(NCc3ccccc3)s2)nc2ccccn12. The van der Waals surface area contributed by atoms with Gasteiger partial charge >= 0.3 is 0 Å². The lowest BCUT2D eigenvalue weighted by Gasteiger charge is -2.02. The normalized spacial score (nSPS) is 10.9. The molecular weight excluding hydrogens is 366 g/mol. The molecule has 3 heterocycles. The number of fused-ring (bicyclic) bond motifs is 1. The van der Waals surface area contributed by atoms with Crippen molar-refractivity contribution in [2.24, 2.45) is 0 Å². The van der Waals surface area contributed by atoms with Crippen LogP contribution in [0.4, 0.5) is 5.13 Å². The first-order valence-corrected chi connectivity index (χ1v) is 9.79. The number of aromatic nitrogens is 4. The number of nitrogens with zero attached hydrogens (tertiary/aromatic N) is 4. The van der Waals surface area contributed by atoms with Gasteiger partial charge in [-0.05, 0) is 17.7 Å². The van der Waals surface area contributed by atoms with E-state index in [2.05, 4.69) is 32.6 Å². The van der Waals surface area contributed by atoms with Crippen LogP contribution >= 0.6 is 23.1 Å². The van der Waals surface area contributed by atoms with E-state index in [-0.39, 0.29) is 5.56 Å². The molecule has 0 spiro atoms. The van der Waals surface area contributed by atoms with E-state index in [9.17, 15) is 4.79 Å². The molecule has 0 fully saturated rings. The maximum absolute atomic E-state index is 12.1. The zero-order valence-corrected chi connectivity index (χ0v) is 15.3. The van der Waals surface area contributed by atoms with E-state index in [1.54, 1.807) is 12.3 Å². The predicted octanol–water partition coefficient (Wildman–Crippen LogP) is 3.45. The van der Waals surface area contributed by atoms with Gasteiger partial charge < -0.3 is 5.32 Å². The Morgan fingerprint density at radius 3 is 2.81 bits per heavy atom. The minimum atomic E-state index is -0.0753. The first kappa shape index (κ1) is 16.7. The molecule has 0 bridgehead atoms. The number of hydrogen-bond acceptors (Lipinski definition) is 7. The smallest absolute Gasteiger partial charge is 0.258 e. The van der Waals surface area contributed by atoms with Crippen LogP contribution in [0.15, 0.2) is 69.9 Å². The highest BCUT2D eigenvalue weighted by Gasteiger charge is 2.07. The summed E-state index contributed by atoms with van der Waals surface area (Å²) in [6.45, 7) is 0.711. The Kier molecular flexibility index (Phi) is 4.94. The number of rotatable bonds is 6. The molecule has 26 heavy (non-hydrogen) atoms. The highest BCUT2D eigenvalue weighted by atomic mass is 32.2. The van der Waals surface area contributed by atoms with E-state index in [1.165, 1.54) is 33.1 Å². The van der Waals surface area contributed by atoms with Crippen LogP contribution in [0.5, 0.6) is 0 Å². The lowest BCUT2D eigenvalue weighted by Crippen LogP contribution is -2.14. The molecule has 1 aromatic carbocycles. The number of anilines is 1. The van der Waals surface area contributed by atoms with Crippen LogP contribution in [0.3, 0.4) is 0 Å². The van der Waals surface area contributed by atoms with Crippen molar-refractivity contribution in [2.75, 3.05) is 5.32 Å². The van der Waals surface area contributed by atoms with E-state index in [4.69, 9.17) is 0 Å². The number of pyridine rings is 1. The standard InChI is InChI=1S/C18H15N5OS2/c24-16-10-14(20-15-8-4-5-9-23(15)16)12-25-18-22-21-17(26-18)19-11-13-6-2-1-3-7-13/h1-10H,11-12H2,(H,19,21). The summed E-state index contributed by atoms with van der Waals surface area (Å²) in [6.07, 6.45) is 1.72. The Balaban J connectivity index is 1.39. The van der Waals surface area contributed by atoms with Crippen LogP contribution in [0, 0.1) is 0 Å². The van der Waals surface area contributed by atoms with E-state index < -0.39 is 0 Å².